The van der Waals surface area contributed by atoms with Crippen LogP contribution in [0.2, 0.25) is 5.02 Å². The molecule has 3 rings (SSSR count). The number of aryl methyl sites for hydroxylation is 1. The molecule has 3 heterocycles. The Kier molecular flexibility index (Phi) is 4.73. The van der Waals surface area contributed by atoms with Gasteiger partial charge in [0.05, 0.1) is 10.6 Å². The van der Waals surface area contributed by atoms with E-state index < -0.39 is 12.0 Å². The van der Waals surface area contributed by atoms with Crippen LogP contribution < -0.4 is 10.6 Å². The van der Waals surface area contributed by atoms with Crippen molar-refractivity contribution in [1.82, 2.24) is 14.5 Å². The highest BCUT2D eigenvalue weighted by Crippen LogP contribution is 2.33. The Morgan fingerprint density at radius 1 is 1.50 bits per heavy atom. The van der Waals surface area contributed by atoms with Crippen molar-refractivity contribution in [3.8, 4) is 0 Å². The molecule has 3 N–H and O–H groups in total. The van der Waals surface area contributed by atoms with Gasteiger partial charge in [-0.2, -0.15) is 0 Å². The molecule has 7 nitrogen and oxygen atoms in total. The van der Waals surface area contributed by atoms with E-state index in [1.165, 1.54) is 12.3 Å². The molecule has 1 amide bonds. The van der Waals surface area contributed by atoms with E-state index in [0.29, 0.717) is 23.2 Å². The number of imidazole rings is 1. The number of nitrogens with zero attached hydrogens (tertiary/aromatic N) is 4. The van der Waals surface area contributed by atoms with Crippen LogP contribution in [-0.2, 0) is 7.05 Å². The van der Waals surface area contributed by atoms with Gasteiger partial charge in [0.2, 0.25) is 5.91 Å². The van der Waals surface area contributed by atoms with E-state index in [1.807, 2.05) is 22.7 Å². The smallest absolute Gasteiger partial charge is 0.250 e. The molecule has 2 aromatic heterocycles. The van der Waals surface area contributed by atoms with E-state index in [1.54, 1.807) is 6.20 Å². The Labute approximate surface area is 145 Å². The molecule has 2 atom stereocenters. The summed E-state index contributed by atoms with van der Waals surface area (Å²) in [5.41, 5.74) is 5.53. The van der Waals surface area contributed by atoms with Gasteiger partial charge in [-0.1, -0.05) is 11.6 Å². The number of aromatic nitrogens is 3. The average Bonchev–Trinajstić information content (AvgIpc) is 3.00. The molecule has 0 bridgehead atoms. The number of hydrogen-bond acceptors (Lipinski definition) is 5. The molecular weight excluding hydrogens is 330 g/mol. The lowest BCUT2D eigenvalue weighted by Gasteiger charge is -2.36. The minimum Gasteiger partial charge on any atom is -0.385 e. The summed E-state index contributed by atoms with van der Waals surface area (Å²) in [5, 5.41) is 11.0. The molecule has 0 aromatic carbocycles. The number of aliphatic hydroxyl groups excluding tert-OH is 1. The zero-order chi connectivity index (χ0) is 17.3. The quantitative estimate of drug-likeness (QED) is 0.872. The van der Waals surface area contributed by atoms with E-state index in [9.17, 15) is 9.90 Å². The summed E-state index contributed by atoms with van der Waals surface area (Å²) in [4.78, 5) is 21.8. The third kappa shape index (κ3) is 3.22. The molecule has 0 radical (unpaired) electrons. The summed E-state index contributed by atoms with van der Waals surface area (Å²) in [5.74, 6) is 0.745. The molecule has 2 unspecified atom stereocenters. The van der Waals surface area contributed by atoms with Gasteiger partial charge in [-0.3, -0.25) is 4.79 Å². The fraction of sp³-hybridized carbons (Fsp3) is 0.438. The lowest BCUT2D eigenvalue weighted by atomic mass is 9.92. The first-order valence-corrected chi connectivity index (χ1v) is 8.20. The molecule has 24 heavy (non-hydrogen) atoms. The Hall–Kier alpha value is -2.12. The van der Waals surface area contributed by atoms with Gasteiger partial charge in [0.15, 0.2) is 0 Å². The second-order valence-corrected chi connectivity index (χ2v) is 6.49. The Balaban J connectivity index is 1.78. The number of halogens is 1. The number of pyridine rings is 1. The Morgan fingerprint density at radius 3 is 2.92 bits per heavy atom. The number of aliphatic hydroxyl groups is 1. The van der Waals surface area contributed by atoms with Crippen molar-refractivity contribution in [3.63, 3.8) is 0 Å². The SMILES string of the molecule is Cn1ccnc1C(O)C1CCCN(c2ncc(C(N)=O)cc2Cl)C1. The monoisotopic (exact) mass is 349 g/mol. The second kappa shape index (κ2) is 6.78. The number of carbonyl (C=O) groups is 1. The second-order valence-electron chi connectivity index (χ2n) is 6.08. The topological polar surface area (TPSA) is 97.3 Å². The maximum absolute atomic E-state index is 11.2. The van der Waals surface area contributed by atoms with Crippen LogP contribution in [0.3, 0.4) is 0 Å². The van der Waals surface area contributed by atoms with Gasteiger partial charge >= 0.3 is 0 Å². The molecule has 1 aliphatic heterocycles. The Morgan fingerprint density at radius 2 is 2.29 bits per heavy atom. The van der Waals surface area contributed by atoms with Gasteiger partial charge in [0.25, 0.3) is 0 Å². The number of hydrogen-bond donors (Lipinski definition) is 2. The molecule has 1 aliphatic rings. The molecule has 0 spiro atoms. The Bertz CT molecular complexity index is 748. The van der Waals surface area contributed by atoms with Crippen molar-refractivity contribution in [2.45, 2.75) is 18.9 Å². The largest absolute Gasteiger partial charge is 0.385 e. The standard InChI is InChI=1S/C16H20ClN5O2/c1-21-6-4-19-16(21)13(23)10-3-2-5-22(9-10)15-12(17)7-11(8-20-15)14(18)24/h4,6-8,10,13,23H,2-3,5,9H2,1H3,(H2,18,24). The number of nitrogens with two attached hydrogens (primary N) is 1. The first-order chi connectivity index (χ1) is 11.5. The molecule has 128 valence electrons. The number of rotatable bonds is 4. The molecule has 8 heteroatoms. The van der Waals surface area contributed by atoms with Crippen LogP contribution >= 0.6 is 11.6 Å². The van der Waals surface area contributed by atoms with Crippen molar-refractivity contribution in [1.29, 1.82) is 0 Å². The van der Waals surface area contributed by atoms with Crippen molar-refractivity contribution in [2.24, 2.45) is 18.7 Å². The van der Waals surface area contributed by atoms with Crippen LogP contribution in [0.15, 0.2) is 24.7 Å². The molecule has 1 saturated heterocycles. The van der Waals surface area contributed by atoms with Crippen molar-refractivity contribution in [3.05, 3.63) is 41.1 Å². The summed E-state index contributed by atoms with van der Waals surface area (Å²) in [6.45, 7) is 1.42. The minimum atomic E-state index is -0.642. The van der Waals surface area contributed by atoms with Gasteiger partial charge in [0.1, 0.15) is 17.7 Å². The van der Waals surface area contributed by atoms with Crippen molar-refractivity contribution >= 4 is 23.3 Å². The van der Waals surface area contributed by atoms with Crippen LogP contribution in [0.5, 0.6) is 0 Å². The average molecular weight is 350 g/mol. The molecule has 1 fully saturated rings. The van der Waals surface area contributed by atoms with Crippen molar-refractivity contribution < 1.29 is 9.90 Å². The lowest BCUT2D eigenvalue weighted by Crippen LogP contribution is -2.39. The first kappa shape index (κ1) is 16.7. The normalized spacial score (nSPS) is 19.3. The molecular formula is C16H20ClN5O2. The van der Waals surface area contributed by atoms with E-state index in [2.05, 4.69) is 9.97 Å². The van der Waals surface area contributed by atoms with Gasteiger partial charge in [-0.05, 0) is 18.9 Å². The summed E-state index contributed by atoms with van der Waals surface area (Å²) in [7, 11) is 1.87. The number of piperidine rings is 1. The highest BCUT2D eigenvalue weighted by Gasteiger charge is 2.30. The molecule has 2 aromatic rings. The van der Waals surface area contributed by atoms with Gasteiger partial charge < -0.3 is 20.3 Å². The summed E-state index contributed by atoms with van der Waals surface area (Å²) in [6, 6.07) is 1.53. The van der Waals surface area contributed by atoms with E-state index in [0.717, 1.165) is 19.4 Å². The predicted molar refractivity (Wildman–Crippen MR) is 90.9 cm³/mol. The summed E-state index contributed by atoms with van der Waals surface area (Å²) < 4.78 is 1.83. The van der Waals surface area contributed by atoms with Crippen LogP contribution in [-0.4, -0.2) is 38.6 Å². The third-order valence-electron chi connectivity index (χ3n) is 4.43. The minimum absolute atomic E-state index is 0.0357. The van der Waals surface area contributed by atoms with Crippen LogP contribution in [0.4, 0.5) is 5.82 Å². The van der Waals surface area contributed by atoms with Crippen LogP contribution in [0, 0.1) is 5.92 Å². The summed E-state index contributed by atoms with van der Waals surface area (Å²) >= 11 is 6.27. The highest BCUT2D eigenvalue weighted by atomic mass is 35.5. The lowest BCUT2D eigenvalue weighted by molar-refractivity contribution is 0.0874. The van der Waals surface area contributed by atoms with Crippen LogP contribution in [0.25, 0.3) is 0 Å². The van der Waals surface area contributed by atoms with E-state index in [-0.39, 0.29) is 11.5 Å². The van der Waals surface area contributed by atoms with E-state index in [4.69, 9.17) is 17.3 Å². The zero-order valence-corrected chi connectivity index (χ0v) is 14.1. The first-order valence-electron chi connectivity index (χ1n) is 7.83. The maximum Gasteiger partial charge on any atom is 0.250 e. The number of amides is 1. The van der Waals surface area contributed by atoms with Gasteiger partial charge in [-0.15, -0.1) is 0 Å². The van der Waals surface area contributed by atoms with E-state index >= 15 is 0 Å². The third-order valence-corrected chi connectivity index (χ3v) is 4.71. The van der Waals surface area contributed by atoms with Gasteiger partial charge in [0, 0.05) is 44.6 Å². The summed E-state index contributed by atoms with van der Waals surface area (Å²) in [6.07, 6.45) is 6.11. The number of anilines is 1. The molecule has 0 aliphatic carbocycles. The molecule has 0 saturated carbocycles. The van der Waals surface area contributed by atoms with Gasteiger partial charge in [-0.25, -0.2) is 9.97 Å². The predicted octanol–water partition coefficient (Wildman–Crippen LogP) is 1.52. The number of primary amides is 1. The van der Waals surface area contributed by atoms with Crippen molar-refractivity contribution in [2.75, 3.05) is 18.0 Å². The fourth-order valence-electron chi connectivity index (χ4n) is 3.13. The fourth-order valence-corrected chi connectivity index (χ4v) is 3.42. The maximum atomic E-state index is 11.2. The van der Waals surface area contributed by atoms with Crippen LogP contribution in [0.1, 0.15) is 35.1 Å². The highest BCUT2D eigenvalue weighted by molar-refractivity contribution is 6.33. The number of carbonyl (C=O) groups excluding carboxylic acids is 1. The zero-order valence-electron chi connectivity index (χ0n) is 13.4.